The lowest BCUT2D eigenvalue weighted by molar-refractivity contribution is -0.115. The number of aryl methyl sites for hydroxylation is 1. The van der Waals surface area contributed by atoms with Crippen molar-refractivity contribution >= 4 is 23.2 Å². The summed E-state index contributed by atoms with van der Waals surface area (Å²) in [5.74, 6) is 0.819. The Morgan fingerprint density at radius 1 is 1.08 bits per heavy atom. The monoisotopic (exact) mass is 362 g/mol. The standard InChI is InChI=1S/C19H23ClN2O3/c1-24-17-12-16(18(25-2)11-15(17)20)22-19(23)13-21-10-6-9-14-7-4-3-5-8-14/h3-5,7-8,11-12,21H,6,9-10,13H2,1-2H3,(H,22,23). The van der Waals surface area contributed by atoms with Gasteiger partial charge in [0.15, 0.2) is 0 Å². The van der Waals surface area contributed by atoms with Gasteiger partial charge in [0.1, 0.15) is 11.5 Å². The van der Waals surface area contributed by atoms with Crippen LogP contribution in [0.3, 0.4) is 0 Å². The zero-order valence-corrected chi connectivity index (χ0v) is 15.2. The number of hydrogen-bond donors (Lipinski definition) is 2. The van der Waals surface area contributed by atoms with Gasteiger partial charge in [-0.25, -0.2) is 0 Å². The molecule has 6 heteroatoms. The maximum atomic E-state index is 12.1. The molecule has 0 aromatic heterocycles. The molecule has 0 aliphatic rings. The number of rotatable bonds is 9. The van der Waals surface area contributed by atoms with Gasteiger partial charge in [-0.05, 0) is 24.9 Å². The summed E-state index contributed by atoms with van der Waals surface area (Å²) in [6.45, 7) is 0.992. The molecule has 0 saturated heterocycles. The molecule has 0 bridgehead atoms. The number of benzene rings is 2. The van der Waals surface area contributed by atoms with Crippen molar-refractivity contribution < 1.29 is 14.3 Å². The van der Waals surface area contributed by atoms with Crippen LogP contribution in [0.2, 0.25) is 5.02 Å². The molecule has 0 aliphatic carbocycles. The molecule has 25 heavy (non-hydrogen) atoms. The van der Waals surface area contributed by atoms with Crippen molar-refractivity contribution in [2.75, 3.05) is 32.6 Å². The Balaban J connectivity index is 1.78. The predicted octanol–water partition coefficient (Wildman–Crippen LogP) is 3.52. The molecule has 0 atom stereocenters. The van der Waals surface area contributed by atoms with Gasteiger partial charge in [-0.1, -0.05) is 41.9 Å². The summed E-state index contributed by atoms with van der Waals surface area (Å²) in [4.78, 5) is 12.1. The van der Waals surface area contributed by atoms with Crippen LogP contribution < -0.4 is 20.1 Å². The van der Waals surface area contributed by atoms with Crippen LogP contribution in [0.5, 0.6) is 11.5 Å². The Bertz CT molecular complexity index is 693. The zero-order valence-electron chi connectivity index (χ0n) is 14.5. The molecule has 1 amide bonds. The Labute approximate surface area is 153 Å². The van der Waals surface area contributed by atoms with Crippen molar-refractivity contribution in [3.63, 3.8) is 0 Å². The van der Waals surface area contributed by atoms with Gasteiger partial charge in [0.2, 0.25) is 5.91 Å². The fourth-order valence-electron chi connectivity index (χ4n) is 2.42. The molecular formula is C19H23ClN2O3. The molecule has 0 aliphatic heterocycles. The molecule has 0 radical (unpaired) electrons. The van der Waals surface area contributed by atoms with E-state index in [1.165, 1.54) is 19.8 Å². The van der Waals surface area contributed by atoms with E-state index >= 15 is 0 Å². The molecule has 0 unspecified atom stereocenters. The second-order valence-corrected chi connectivity index (χ2v) is 5.91. The number of amides is 1. The van der Waals surface area contributed by atoms with Crippen LogP contribution in [0, 0.1) is 0 Å². The quantitative estimate of drug-likeness (QED) is 0.670. The summed E-state index contributed by atoms with van der Waals surface area (Å²) in [7, 11) is 3.04. The zero-order chi connectivity index (χ0) is 18.1. The van der Waals surface area contributed by atoms with Gasteiger partial charge in [0.05, 0.1) is 31.5 Å². The molecule has 2 aromatic rings. The van der Waals surface area contributed by atoms with Gasteiger partial charge in [-0.3, -0.25) is 4.79 Å². The average Bonchev–Trinajstić information content (AvgIpc) is 2.63. The van der Waals surface area contributed by atoms with Gasteiger partial charge >= 0.3 is 0 Å². The Kier molecular flexibility index (Phi) is 7.57. The van der Waals surface area contributed by atoms with E-state index in [1.54, 1.807) is 12.1 Å². The number of methoxy groups -OCH3 is 2. The van der Waals surface area contributed by atoms with E-state index in [1.807, 2.05) is 18.2 Å². The smallest absolute Gasteiger partial charge is 0.238 e. The number of anilines is 1. The highest BCUT2D eigenvalue weighted by Crippen LogP contribution is 2.35. The number of hydrogen-bond acceptors (Lipinski definition) is 4. The van der Waals surface area contributed by atoms with Crippen LogP contribution in [-0.4, -0.2) is 33.2 Å². The summed E-state index contributed by atoms with van der Waals surface area (Å²) < 4.78 is 10.4. The van der Waals surface area contributed by atoms with E-state index in [4.69, 9.17) is 21.1 Å². The van der Waals surface area contributed by atoms with Crippen molar-refractivity contribution in [1.82, 2.24) is 5.32 Å². The summed E-state index contributed by atoms with van der Waals surface area (Å²) in [5, 5.41) is 6.38. The highest BCUT2D eigenvalue weighted by Gasteiger charge is 2.12. The lowest BCUT2D eigenvalue weighted by atomic mass is 10.1. The van der Waals surface area contributed by atoms with Crippen LogP contribution >= 0.6 is 11.6 Å². The molecule has 2 N–H and O–H groups in total. The molecule has 5 nitrogen and oxygen atoms in total. The minimum Gasteiger partial charge on any atom is -0.495 e. The van der Waals surface area contributed by atoms with E-state index < -0.39 is 0 Å². The van der Waals surface area contributed by atoms with Gasteiger partial charge in [-0.15, -0.1) is 0 Å². The first-order valence-electron chi connectivity index (χ1n) is 8.10. The topological polar surface area (TPSA) is 59.6 Å². The van der Waals surface area contributed by atoms with Gasteiger partial charge < -0.3 is 20.1 Å². The Morgan fingerprint density at radius 2 is 1.80 bits per heavy atom. The number of carbonyl (C=O) groups is 1. The fraction of sp³-hybridized carbons (Fsp3) is 0.316. The second-order valence-electron chi connectivity index (χ2n) is 5.50. The average molecular weight is 363 g/mol. The first kappa shape index (κ1) is 19.1. The van der Waals surface area contributed by atoms with Crippen molar-refractivity contribution in [2.45, 2.75) is 12.8 Å². The third kappa shape index (κ3) is 5.96. The van der Waals surface area contributed by atoms with Gasteiger partial charge in [-0.2, -0.15) is 0 Å². The maximum absolute atomic E-state index is 12.1. The molecule has 0 spiro atoms. The summed E-state index contributed by atoms with van der Waals surface area (Å²) in [6, 6.07) is 13.5. The van der Waals surface area contributed by atoms with Gasteiger partial charge in [0.25, 0.3) is 0 Å². The lowest BCUT2D eigenvalue weighted by Gasteiger charge is -2.13. The largest absolute Gasteiger partial charge is 0.495 e. The normalized spacial score (nSPS) is 10.4. The van der Waals surface area contributed by atoms with E-state index in [2.05, 4.69) is 22.8 Å². The van der Waals surface area contributed by atoms with Crippen molar-refractivity contribution in [1.29, 1.82) is 0 Å². The van der Waals surface area contributed by atoms with Crippen molar-refractivity contribution in [2.24, 2.45) is 0 Å². The first-order valence-corrected chi connectivity index (χ1v) is 8.48. The molecule has 0 fully saturated rings. The van der Waals surface area contributed by atoms with Crippen LogP contribution in [0.15, 0.2) is 42.5 Å². The van der Waals surface area contributed by atoms with Crippen LogP contribution in [0.25, 0.3) is 0 Å². The van der Waals surface area contributed by atoms with Crippen LogP contribution in [0.4, 0.5) is 5.69 Å². The minimum absolute atomic E-state index is 0.151. The first-order chi connectivity index (χ1) is 12.1. The highest BCUT2D eigenvalue weighted by atomic mass is 35.5. The summed E-state index contributed by atoms with van der Waals surface area (Å²) >= 11 is 6.06. The number of ether oxygens (including phenoxy) is 2. The molecule has 2 aromatic carbocycles. The number of carbonyl (C=O) groups excluding carboxylic acids is 1. The molecule has 0 saturated carbocycles. The predicted molar refractivity (Wildman–Crippen MR) is 101 cm³/mol. The van der Waals surface area contributed by atoms with E-state index in [9.17, 15) is 4.79 Å². The van der Waals surface area contributed by atoms with Crippen molar-refractivity contribution in [3.8, 4) is 11.5 Å². The van der Waals surface area contributed by atoms with E-state index in [0.717, 1.165) is 19.4 Å². The van der Waals surface area contributed by atoms with Crippen LogP contribution in [-0.2, 0) is 11.2 Å². The number of nitrogens with one attached hydrogen (secondary N) is 2. The minimum atomic E-state index is -0.151. The highest BCUT2D eigenvalue weighted by molar-refractivity contribution is 6.32. The van der Waals surface area contributed by atoms with Crippen LogP contribution in [0.1, 0.15) is 12.0 Å². The lowest BCUT2D eigenvalue weighted by Crippen LogP contribution is -2.29. The number of halogens is 1. The third-order valence-corrected chi connectivity index (χ3v) is 3.99. The van der Waals surface area contributed by atoms with Crippen molar-refractivity contribution in [3.05, 3.63) is 53.1 Å². The molecular weight excluding hydrogens is 340 g/mol. The third-order valence-electron chi connectivity index (χ3n) is 3.70. The molecule has 134 valence electrons. The fourth-order valence-corrected chi connectivity index (χ4v) is 2.65. The maximum Gasteiger partial charge on any atom is 0.238 e. The Morgan fingerprint density at radius 3 is 2.48 bits per heavy atom. The molecule has 0 heterocycles. The Hall–Kier alpha value is -2.24. The molecule has 2 rings (SSSR count). The van der Waals surface area contributed by atoms with E-state index in [0.29, 0.717) is 22.2 Å². The summed E-state index contributed by atoms with van der Waals surface area (Å²) in [5.41, 5.74) is 1.83. The summed E-state index contributed by atoms with van der Waals surface area (Å²) in [6.07, 6.45) is 1.95. The second kappa shape index (κ2) is 9.91. The SMILES string of the molecule is COc1cc(NC(=O)CNCCCc2ccccc2)c(OC)cc1Cl. The van der Waals surface area contributed by atoms with E-state index in [-0.39, 0.29) is 12.5 Å². The van der Waals surface area contributed by atoms with Gasteiger partial charge in [0, 0.05) is 12.1 Å².